The van der Waals surface area contributed by atoms with Crippen molar-refractivity contribution in [3.05, 3.63) is 64.7 Å². The first kappa shape index (κ1) is 19.5. The number of oxime groups is 1. The number of halogens is 1. The number of carbonyl (C=O) groups is 2. The fourth-order valence-corrected chi connectivity index (χ4v) is 2.35. The third kappa shape index (κ3) is 6.57. The third-order valence-corrected chi connectivity index (χ3v) is 3.63. The Hall–Kier alpha value is -2.86. The van der Waals surface area contributed by atoms with Gasteiger partial charge in [0.1, 0.15) is 0 Å². The maximum atomic E-state index is 11.8. The smallest absolute Gasteiger partial charge is 0.261 e. The molecule has 0 aliphatic carbocycles. The number of benzene rings is 2. The minimum absolute atomic E-state index is 0.129. The molecule has 2 aromatic rings. The van der Waals surface area contributed by atoms with Gasteiger partial charge in [0.05, 0.1) is 5.71 Å². The quantitative estimate of drug-likeness (QED) is 0.577. The van der Waals surface area contributed by atoms with Crippen molar-refractivity contribution in [1.82, 2.24) is 5.32 Å². The van der Waals surface area contributed by atoms with Gasteiger partial charge in [-0.05, 0) is 42.3 Å². The van der Waals surface area contributed by atoms with Gasteiger partial charge in [0, 0.05) is 24.2 Å². The van der Waals surface area contributed by atoms with Crippen LogP contribution in [-0.4, -0.2) is 24.1 Å². The summed E-state index contributed by atoms with van der Waals surface area (Å²) in [7, 11) is 0. The standard InChI is InChI=1S/C19H20ClN3O3/c1-13(16-6-8-18(9-7-16)22-14(2)24)23-26-12-19(25)21-11-15-4-3-5-17(20)10-15/h3-10H,11-12H2,1-2H3,(H,21,25)(H,22,24)/b23-13+. The molecule has 2 N–H and O–H groups in total. The van der Waals surface area contributed by atoms with Gasteiger partial charge >= 0.3 is 0 Å². The molecule has 0 saturated carbocycles. The Morgan fingerprint density at radius 2 is 1.85 bits per heavy atom. The summed E-state index contributed by atoms with van der Waals surface area (Å²) >= 11 is 5.90. The Morgan fingerprint density at radius 1 is 1.12 bits per heavy atom. The maximum absolute atomic E-state index is 11.8. The lowest BCUT2D eigenvalue weighted by Crippen LogP contribution is -2.26. The highest BCUT2D eigenvalue weighted by atomic mass is 35.5. The molecule has 2 rings (SSSR count). The highest BCUT2D eigenvalue weighted by Crippen LogP contribution is 2.11. The summed E-state index contributed by atoms with van der Waals surface area (Å²) in [5.74, 6) is -0.405. The molecule has 0 radical (unpaired) electrons. The van der Waals surface area contributed by atoms with E-state index < -0.39 is 0 Å². The van der Waals surface area contributed by atoms with Gasteiger partial charge < -0.3 is 15.5 Å². The lowest BCUT2D eigenvalue weighted by Gasteiger charge is -2.06. The molecule has 2 aromatic carbocycles. The van der Waals surface area contributed by atoms with Crippen LogP contribution in [-0.2, 0) is 21.0 Å². The van der Waals surface area contributed by atoms with E-state index in [2.05, 4.69) is 15.8 Å². The molecule has 136 valence electrons. The molecule has 0 aliphatic heterocycles. The van der Waals surface area contributed by atoms with E-state index >= 15 is 0 Å². The maximum Gasteiger partial charge on any atom is 0.261 e. The van der Waals surface area contributed by atoms with Gasteiger partial charge in [0.15, 0.2) is 6.61 Å². The number of anilines is 1. The van der Waals surface area contributed by atoms with Crippen molar-refractivity contribution >= 4 is 34.8 Å². The van der Waals surface area contributed by atoms with Crippen LogP contribution >= 0.6 is 11.6 Å². The number of hydrogen-bond donors (Lipinski definition) is 2. The Bertz CT molecular complexity index is 804. The number of nitrogens with one attached hydrogen (secondary N) is 2. The van der Waals surface area contributed by atoms with Crippen LogP contribution < -0.4 is 10.6 Å². The minimum atomic E-state index is -0.275. The van der Waals surface area contributed by atoms with Crippen molar-refractivity contribution in [2.45, 2.75) is 20.4 Å². The first-order valence-corrected chi connectivity index (χ1v) is 8.37. The van der Waals surface area contributed by atoms with E-state index in [1.165, 1.54) is 6.92 Å². The van der Waals surface area contributed by atoms with Crippen LogP contribution in [0.3, 0.4) is 0 Å². The van der Waals surface area contributed by atoms with Gasteiger partial charge in [-0.2, -0.15) is 0 Å². The largest absolute Gasteiger partial charge is 0.385 e. The van der Waals surface area contributed by atoms with E-state index in [1.54, 1.807) is 31.2 Å². The van der Waals surface area contributed by atoms with Gasteiger partial charge in [0.25, 0.3) is 5.91 Å². The van der Waals surface area contributed by atoms with Crippen molar-refractivity contribution in [1.29, 1.82) is 0 Å². The fourth-order valence-electron chi connectivity index (χ4n) is 2.14. The first-order chi connectivity index (χ1) is 12.4. The van der Waals surface area contributed by atoms with E-state index in [4.69, 9.17) is 16.4 Å². The molecule has 0 unspecified atom stereocenters. The van der Waals surface area contributed by atoms with Gasteiger partial charge in [-0.15, -0.1) is 0 Å². The first-order valence-electron chi connectivity index (χ1n) is 8.00. The van der Waals surface area contributed by atoms with Crippen LogP contribution in [0, 0.1) is 0 Å². The zero-order valence-electron chi connectivity index (χ0n) is 14.6. The van der Waals surface area contributed by atoms with Gasteiger partial charge in [-0.25, -0.2) is 0 Å². The van der Waals surface area contributed by atoms with Crippen LogP contribution in [0.25, 0.3) is 0 Å². The molecule has 0 spiro atoms. The zero-order valence-corrected chi connectivity index (χ0v) is 15.3. The summed E-state index contributed by atoms with van der Waals surface area (Å²) in [6.45, 7) is 3.42. The normalized spacial score (nSPS) is 11.0. The van der Waals surface area contributed by atoms with Crippen LogP contribution in [0.2, 0.25) is 5.02 Å². The van der Waals surface area contributed by atoms with E-state index in [9.17, 15) is 9.59 Å². The number of hydrogen-bond acceptors (Lipinski definition) is 4. The van der Waals surface area contributed by atoms with Gasteiger partial charge in [-0.3, -0.25) is 9.59 Å². The topological polar surface area (TPSA) is 79.8 Å². The number of nitrogens with zero attached hydrogens (tertiary/aromatic N) is 1. The molecule has 0 aromatic heterocycles. The molecular formula is C19H20ClN3O3. The summed E-state index contributed by atoms with van der Waals surface area (Å²) in [6.07, 6.45) is 0. The van der Waals surface area contributed by atoms with Gasteiger partial charge in [0.2, 0.25) is 5.91 Å². The van der Waals surface area contributed by atoms with Crippen LogP contribution in [0.4, 0.5) is 5.69 Å². The lowest BCUT2D eigenvalue weighted by molar-refractivity contribution is -0.125. The average molecular weight is 374 g/mol. The molecule has 0 heterocycles. The van der Waals surface area contributed by atoms with Crippen LogP contribution in [0.1, 0.15) is 25.0 Å². The molecule has 0 bridgehead atoms. The summed E-state index contributed by atoms with van der Waals surface area (Å²) in [6, 6.07) is 14.4. The van der Waals surface area contributed by atoms with Gasteiger partial charge in [-0.1, -0.05) is 41.0 Å². The third-order valence-electron chi connectivity index (χ3n) is 3.40. The van der Waals surface area contributed by atoms with E-state index in [-0.39, 0.29) is 18.4 Å². The van der Waals surface area contributed by atoms with E-state index in [0.717, 1.165) is 11.1 Å². The van der Waals surface area contributed by atoms with E-state index in [0.29, 0.717) is 23.0 Å². The Kier molecular flexibility index (Phi) is 7.17. The van der Waals surface area contributed by atoms with Crippen molar-refractivity contribution in [3.8, 4) is 0 Å². The molecule has 6 nitrogen and oxygen atoms in total. The number of carbonyl (C=O) groups excluding carboxylic acids is 2. The highest BCUT2D eigenvalue weighted by Gasteiger charge is 2.04. The second-order valence-corrected chi connectivity index (χ2v) is 6.05. The predicted octanol–water partition coefficient (Wildman–Crippen LogP) is 3.36. The average Bonchev–Trinajstić information content (AvgIpc) is 2.60. The Labute approximate surface area is 157 Å². The second-order valence-electron chi connectivity index (χ2n) is 5.62. The number of amides is 2. The van der Waals surface area contributed by atoms with Crippen LogP contribution in [0.15, 0.2) is 53.7 Å². The fraction of sp³-hybridized carbons (Fsp3) is 0.211. The summed E-state index contributed by atoms with van der Waals surface area (Å²) in [4.78, 5) is 27.9. The molecule has 0 atom stereocenters. The molecule has 26 heavy (non-hydrogen) atoms. The molecular weight excluding hydrogens is 354 g/mol. The molecule has 0 saturated heterocycles. The SMILES string of the molecule is CC(=O)Nc1ccc(/C(C)=N/OCC(=O)NCc2cccc(Cl)c2)cc1. The van der Waals surface area contributed by atoms with E-state index in [1.807, 2.05) is 24.3 Å². The van der Waals surface area contributed by atoms with Crippen LogP contribution in [0.5, 0.6) is 0 Å². The number of rotatable bonds is 7. The Morgan fingerprint density at radius 3 is 2.50 bits per heavy atom. The minimum Gasteiger partial charge on any atom is -0.385 e. The summed E-state index contributed by atoms with van der Waals surface area (Å²) < 4.78 is 0. The molecule has 2 amide bonds. The predicted molar refractivity (Wildman–Crippen MR) is 102 cm³/mol. The van der Waals surface area contributed by atoms with Crippen molar-refractivity contribution in [3.63, 3.8) is 0 Å². The summed E-state index contributed by atoms with van der Waals surface area (Å²) in [5, 5.41) is 9.99. The van der Waals surface area contributed by atoms with Crippen molar-refractivity contribution < 1.29 is 14.4 Å². The molecule has 0 fully saturated rings. The van der Waals surface area contributed by atoms with Crippen molar-refractivity contribution in [2.24, 2.45) is 5.16 Å². The second kappa shape index (κ2) is 9.58. The Balaban J connectivity index is 1.79. The van der Waals surface area contributed by atoms with Crippen molar-refractivity contribution in [2.75, 3.05) is 11.9 Å². The monoisotopic (exact) mass is 373 g/mol. The summed E-state index contributed by atoms with van der Waals surface area (Å²) in [5.41, 5.74) is 3.07. The lowest BCUT2D eigenvalue weighted by atomic mass is 10.1. The highest BCUT2D eigenvalue weighted by molar-refractivity contribution is 6.30. The molecule has 0 aliphatic rings. The molecule has 7 heteroatoms. The zero-order chi connectivity index (χ0) is 18.9.